The van der Waals surface area contributed by atoms with E-state index in [0.29, 0.717) is 34.3 Å². The number of anilines is 1. The molecule has 3 amide bonds. The molecule has 164 valence electrons. The SMILES string of the molecule is CCN(CC(=O)N1CC(=O)N(c2ccc(Cl)cc2)C1)C(=O)c1cc(OC)cc(OC)c1. The molecule has 0 N–H and O–H groups in total. The second-order valence-electron chi connectivity index (χ2n) is 6.95. The van der Waals surface area contributed by atoms with Crippen LogP contribution in [0.25, 0.3) is 0 Å². The maximum atomic E-state index is 13.0. The maximum Gasteiger partial charge on any atom is 0.254 e. The van der Waals surface area contributed by atoms with Crippen LogP contribution in [0.15, 0.2) is 42.5 Å². The van der Waals surface area contributed by atoms with Gasteiger partial charge in [-0.25, -0.2) is 0 Å². The summed E-state index contributed by atoms with van der Waals surface area (Å²) in [4.78, 5) is 42.6. The van der Waals surface area contributed by atoms with Crippen molar-refractivity contribution in [2.75, 3.05) is 45.4 Å². The van der Waals surface area contributed by atoms with Gasteiger partial charge in [-0.15, -0.1) is 0 Å². The molecule has 3 rings (SSSR count). The van der Waals surface area contributed by atoms with E-state index in [1.807, 2.05) is 0 Å². The number of hydrogen-bond donors (Lipinski definition) is 0. The molecule has 0 radical (unpaired) electrons. The van der Waals surface area contributed by atoms with Crippen LogP contribution in [0.1, 0.15) is 17.3 Å². The molecule has 0 saturated carbocycles. The number of likely N-dealkylation sites (N-methyl/N-ethyl adjacent to an activating group) is 1. The van der Waals surface area contributed by atoms with Crippen LogP contribution in [-0.4, -0.2) is 68.0 Å². The first-order valence-corrected chi connectivity index (χ1v) is 10.1. The van der Waals surface area contributed by atoms with Crippen LogP contribution in [0, 0.1) is 0 Å². The van der Waals surface area contributed by atoms with Crippen LogP contribution >= 0.6 is 11.6 Å². The second kappa shape index (κ2) is 9.70. The summed E-state index contributed by atoms with van der Waals surface area (Å²) < 4.78 is 10.4. The first-order chi connectivity index (χ1) is 14.9. The van der Waals surface area contributed by atoms with Gasteiger partial charge >= 0.3 is 0 Å². The monoisotopic (exact) mass is 445 g/mol. The molecular formula is C22H24ClN3O5. The van der Waals surface area contributed by atoms with Gasteiger partial charge in [0.05, 0.1) is 14.2 Å². The molecule has 1 aliphatic rings. The molecule has 0 aromatic heterocycles. The van der Waals surface area contributed by atoms with Gasteiger partial charge in [0.2, 0.25) is 11.8 Å². The van der Waals surface area contributed by atoms with Crippen molar-refractivity contribution in [3.05, 3.63) is 53.1 Å². The third-order valence-corrected chi connectivity index (χ3v) is 5.28. The predicted molar refractivity (Wildman–Crippen MR) is 117 cm³/mol. The molecule has 9 heteroatoms. The Bertz CT molecular complexity index is 957. The van der Waals surface area contributed by atoms with Crippen molar-refractivity contribution in [2.24, 2.45) is 0 Å². The molecule has 2 aromatic carbocycles. The van der Waals surface area contributed by atoms with Crippen LogP contribution in [0.4, 0.5) is 5.69 Å². The Morgan fingerprint density at radius 1 is 1.06 bits per heavy atom. The molecule has 0 aliphatic carbocycles. The van der Waals surface area contributed by atoms with Crippen molar-refractivity contribution in [1.29, 1.82) is 0 Å². The average molecular weight is 446 g/mol. The highest BCUT2D eigenvalue weighted by Gasteiger charge is 2.33. The van der Waals surface area contributed by atoms with Gasteiger partial charge in [-0.05, 0) is 43.3 Å². The second-order valence-corrected chi connectivity index (χ2v) is 7.39. The van der Waals surface area contributed by atoms with Crippen molar-refractivity contribution >= 4 is 35.0 Å². The summed E-state index contributed by atoms with van der Waals surface area (Å²) in [6, 6.07) is 11.7. The third-order valence-electron chi connectivity index (χ3n) is 5.02. The summed E-state index contributed by atoms with van der Waals surface area (Å²) in [6.07, 6.45) is 0. The zero-order valence-corrected chi connectivity index (χ0v) is 18.4. The van der Waals surface area contributed by atoms with Gasteiger partial charge < -0.3 is 19.3 Å². The number of hydrogen-bond acceptors (Lipinski definition) is 5. The highest BCUT2D eigenvalue weighted by atomic mass is 35.5. The Morgan fingerprint density at radius 2 is 1.68 bits per heavy atom. The fourth-order valence-electron chi connectivity index (χ4n) is 3.27. The van der Waals surface area contributed by atoms with Crippen LogP contribution < -0.4 is 14.4 Å². The minimum absolute atomic E-state index is 0.0415. The predicted octanol–water partition coefficient (Wildman–Crippen LogP) is 2.65. The fraction of sp³-hybridized carbons (Fsp3) is 0.318. The number of methoxy groups -OCH3 is 2. The van der Waals surface area contributed by atoms with E-state index in [0.717, 1.165) is 0 Å². The van der Waals surface area contributed by atoms with E-state index in [4.69, 9.17) is 21.1 Å². The van der Waals surface area contributed by atoms with Crippen molar-refractivity contribution in [3.63, 3.8) is 0 Å². The molecular weight excluding hydrogens is 422 g/mol. The number of rotatable bonds is 7. The molecule has 0 spiro atoms. The number of amides is 3. The number of carbonyl (C=O) groups is 3. The van der Waals surface area contributed by atoms with E-state index < -0.39 is 0 Å². The van der Waals surface area contributed by atoms with Crippen LogP contribution in [0.5, 0.6) is 11.5 Å². The Balaban J connectivity index is 1.70. The highest BCUT2D eigenvalue weighted by molar-refractivity contribution is 6.30. The van der Waals surface area contributed by atoms with E-state index in [1.54, 1.807) is 49.4 Å². The highest BCUT2D eigenvalue weighted by Crippen LogP contribution is 2.24. The number of carbonyl (C=O) groups excluding carboxylic acids is 3. The van der Waals surface area contributed by atoms with Crippen LogP contribution in [0.2, 0.25) is 5.02 Å². The fourth-order valence-corrected chi connectivity index (χ4v) is 3.39. The van der Waals surface area contributed by atoms with Gasteiger partial charge in [-0.3, -0.25) is 19.3 Å². The smallest absolute Gasteiger partial charge is 0.254 e. The zero-order chi connectivity index (χ0) is 22.5. The van der Waals surface area contributed by atoms with Crippen molar-refractivity contribution in [3.8, 4) is 11.5 Å². The van der Waals surface area contributed by atoms with Gasteiger partial charge in [0.25, 0.3) is 5.91 Å². The van der Waals surface area contributed by atoms with Gasteiger partial charge in [-0.2, -0.15) is 0 Å². The van der Waals surface area contributed by atoms with Crippen LogP contribution in [0.3, 0.4) is 0 Å². The lowest BCUT2D eigenvalue weighted by atomic mass is 10.1. The third kappa shape index (κ3) is 5.08. The summed E-state index contributed by atoms with van der Waals surface area (Å²) in [5.74, 6) is 0.133. The number of halogens is 1. The van der Waals surface area contributed by atoms with E-state index in [9.17, 15) is 14.4 Å². The Labute approximate surface area is 185 Å². The lowest BCUT2D eigenvalue weighted by Crippen LogP contribution is -2.42. The molecule has 31 heavy (non-hydrogen) atoms. The van der Waals surface area contributed by atoms with Crippen molar-refractivity contribution in [1.82, 2.24) is 9.80 Å². The largest absolute Gasteiger partial charge is 0.497 e. The first-order valence-electron chi connectivity index (χ1n) is 9.72. The molecule has 1 heterocycles. The molecule has 1 saturated heterocycles. The minimum Gasteiger partial charge on any atom is -0.497 e. The summed E-state index contributed by atoms with van der Waals surface area (Å²) in [5, 5.41) is 0.564. The van der Waals surface area contributed by atoms with Gasteiger partial charge in [-0.1, -0.05) is 11.6 Å². The Kier molecular flexibility index (Phi) is 7.02. The molecule has 0 unspecified atom stereocenters. The summed E-state index contributed by atoms with van der Waals surface area (Å²) >= 11 is 5.90. The van der Waals surface area contributed by atoms with E-state index in [2.05, 4.69) is 0 Å². The molecule has 1 fully saturated rings. The number of benzene rings is 2. The molecule has 0 bridgehead atoms. The molecule has 0 atom stereocenters. The van der Waals surface area contributed by atoms with Crippen LogP contribution in [-0.2, 0) is 9.59 Å². The zero-order valence-electron chi connectivity index (χ0n) is 17.6. The lowest BCUT2D eigenvalue weighted by molar-refractivity contribution is -0.132. The van der Waals surface area contributed by atoms with E-state index in [-0.39, 0.29) is 37.5 Å². The van der Waals surface area contributed by atoms with Crippen molar-refractivity contribution in [2.45, 2.75) is 6.92 Å². The molecule has 2 aromatic rings. The Morgan fingerprint density at radius 3 is 2.23 bits per heavy atom. The normalized spacial score (nSPS) is 13.4. The number of nitrogens with zero attached hydrogens (tertiary/aromatic N) is 3. The summed E-state index contributed by atoms with van der Waals surface area (Å²) in [7, 11) is 3.00. The molecule has 8 nitrogen and oxygen atoms in total. The quantitative estimate of drug-likeness (QED) is 0.654. The average Bonchev–Trinajstić information content (AvgIpc) is 3.18. The minimum atomic E-state index is -0.326. The number of ether oxygens (including phenoxy) is 2. The summed E-state index contributed by atoms with van der Waals surface area (Å²) in [5.41, 5.74) is 1.02. The lowest BCUT2D eigenvalue weighted by Gasteiger charge is -2.24. The Hall–Kier alpha value is -3.26. The van der Waals surface area contributed by atoms with Gasteiger partial charge in [0.1, 0.15) is 31.3 Å². The molecule has 1 aliphatic heterocycles. The van der Waals surface area contributed by atoms with E-state index >= 15 is 0 Å². The standard InChI is InChI=1S/C22H24ClN3O5/c1-4-24(22(29)15-9-18(30-2)11-19(10-15)31-3)12-20(27)25-13-21(28)26(14-25)17-7-5-16(23)6-8-17/h5-11H,4,12-14H2,1-3H3. The summed E-state index contributed by atoms with van der Waals surface area (Å²) in [6.45, 7) is 2.05. The van der Waals surface area contributed by atoms with E-state index in [1.165, 1.54) is 28.9 Å². The van der Waals surface area contributed by atoms with Gasteiger partial charge in [0, 0.05) is 28.9 Å². The van der Waals surface area contributed by atoms with Gasteiger partial charge in [0.15, 0.2) is 0 Å². The topological polar surface area (TPSA) is 79.4 Å². The van der Waals surface area contributed by atoms with Crippen molar-refractivity contribution < 1.29 is 23.9 Å². The first kappa shape index (κ1) is 22.4. The maximum absolute atomic E-state index is 13.0.